The Balaban J connectivity index is 1.73. The zero-order chi connectivity index (χ0) is 20.8. The summed E-state index contributed by atoms with van der Waals surface area (Å²) in [6, 6.07) is 15.8. The van der Waals surface area contributed by atoms with Gasteiger partial charge in [0.25, 0.3) is 0 Å². The summed E-state index contributed by atoms with van der Waals surface area (Å²) in [5, 5.41) is 4.30. The molecule has 3 aromatic rings. The van der Waals surface area contributed by atoms with E-state index in [9.17, 15) is 0 Å². The van der Waals surface area contributed by atoms with Crippen molar-refractivity contribution >= 4 is 22.7 Å². The van der Waals surface area contributed by atoms with Gasteiger partial charge >= 0.3 is 0 Å². The van der Waals surface area contributed by atoms with Gasteiger partial charge in [-0.1, -0.05) is 24.3 Å². The molecule has 0 amide bonds. The SMILES string of the molecule is COc1ccc(CN=C(N)NCc2cc(N(C)C)nc3ccccc23)cc1OC. The predicted octanol–water partition coefficient (Wildman–Crippen LogP) is 2.92. The number of anilines is 1. The van der Waals surface area contributed by atoms with Gasteiger partial charge in [0.2, 0.25) is 0 Å². The monoisotopic (exact) mass is 393 g/mol. The van der Waals surface area contributed by atoms with Crippen LogP contribution in [0.4, 0.5) is 5.82 Å². The van der Waals surface area contributed by atoms with Crippen molar-refractivity contribution in [1.82, 2.24) is 10.3 Å². The predicted molar refractivity (Wildman–Crippen MR) is 118 cm³/mol. The van der Waals surface area contributed by atoms with E-state index in [1.807, 2.05) is 55.4 Å². The van der Waals surface area contributed by atoms with E-state index in [1.165, 1.54) is 0 Å². The molecule has 0 aliphatic heterocycles. The summed E-state index contributed by atoms with van der Waals surface area (Å²) in [6.07, 6.45) is 0. The van der Waals surface area contributed by atoms with Crippen molar-refractivity contribution < 1.29 is 9.47 Å². The summed E-state index contributed by atoms with van der Waals surface area (Å²) in [5.41, 5.74) is 9.15. The lowest BCUT2D eigenvalue weighted by atomic mass is 10.1. The Morgan fingerprint density at radius 2 is 1.83 bits per heavy atom. The van der Waals surface area contributed by atoms with Gasteiger partial charge < -0.3 is 25.4 Å². The van der Waals surface area contributed by atoms with Crippen LogP contribution < -0.4 is 25.4 Å². The summed E-state index contributed by atoms with van der Waals surface area (Å²) in [7, 11) is 7.18. The maximum absolute atomic E-state index is 6.09. The van der Waals surface area contributed by atoms with Gasteiger partial charge in [0.05, 0.1) is 26.3 Å². The maximum atomic E-state index is 6.09. The van der Waals surface area contributed by atoms with E-state index in [1.54, 1.807) is 14.2 Å². The molecule has 0 aliphatic carbocycles. The second kappa shape index (κ2) is 9.14. The Bertz CT molecular complexity index is 1020. The molecule has 1 heterocycles. The highest BCUT2D eigenvalue weighted by molar-refractivity contribution is 5.85. The first-order chi connectivity index (χ1) is 14.0. The number of benzene rings is 2. The van der Waals surface area contributed by atoms with Gasteiger partial charge in [0, 0.05) is 26.0 Å². The van der Waals surface area contributed by atoms with Crippen molar-refractivity contribution in [3.63, 3.8) is 0 Å². The number of methoxy groups -OCH3 is 2. The fourth-order valence-corrected chi connectivity index (χ4v) is 3.00. The molecule has 0 atom stereocenters. The molecule has 2 aromatic carbocycles. The van der Waals surface area contributed by atoms with Crippen molar-refractivity contribution in [3.8, 4) is 11.5 Å². The highest BCUT2D eigenvalue weighted by Gasteiger charge is 2.08. The minimum absolute atomic E-state index is 0.382. The molecular weight excluding hydrogens is 366 g/mol. The topological polar surface area (TPSA) is 85.0 Å². The number of fused-ring (bicyclic) bond motifs is 1. The molecule has 0 aliphatic rings. The van der Waals surface area contributed by atoms with E-state index in [0.29, 0.717) is 30.5 Å². The van der Waals surface area contributed by atoms with Crippen LogP contribution in [0.2, 0.25) is 0 Å². The highest BCUT2D eigenvalue weighted by Crippen LogP contribution is 2.27. The Labute approximate surface area is 171 Å². The minimum Gasteiger partial charge on any atom is -0.493 e. The second-order valence-electron chi connectivity index (χ2n) is 6.80. The third kappa shape index (κ3) is 4.87. The molecule has 152 valence electrons. The van der Waals surface area contributed by atoms with Gasteiger partial charge in [-0.15, -0.1) is 0 Å². The first-order valence-electron chi connectivity index (χ1n) is 9.32. The van der Waals surface area contributed by atoms with Crippen LogP contribution in [0, 0.1) is 0 Å². The number of pyridine rings is 1. The third-order valence-corrected chi connectivity index (χ3v) is 4.59. The van der Waals surface area contributed by atoms with Crippen molar-refractivity contribution in [3.05, 3.63) is 59.7 Å². The highest BCUT2D eigenvalue weighted by atomic mass is 16.5. The molecule has 0 bridgehead atoms. The van der Waals surface area contributed by atoms with Gasteiger partial charge in [-0.2, -0.15) is 0 Å². The van der Waals surface area contributed by atoms with Crippen LogP contribution in [-0.2, 0) is 13.1 Å². The zero-order valence-corrected chi connectivity index (χ0v) is 17.3. The molecule has 0 radical (unpaired) electrons. The molecule has 3 N–H and O–H groups in total. The molecule has 0 unspecified atom stereocenters. The Morgan fingerprint density at radius 3 is 2.55 bits per heavy atom. The molecule has 0 saturated carbocycles. The number of para-hydroxylation sites is 1. The zero-order valence-electron chi connectivity index (χ0n) is 17.3. The van der Waals surface area contributed by atoms with Gasteiger partial charge in [0.1, 0.15) is 5.82 Å². The summed E-state index contributed by atoms with van der Waals surface area (Å²) >= 11 is 0. The number of ether oxygens (including phenoxy) is 2. The van der Waals surface area contributed by atoms with Crippen molar-refractivity contribution in [2.24, 2.45) is 10.7 Å². The molecule has 0 spiro atoms. The molecular formula is C22H27N5O2. The first kappa shape index (κ1) is 20.3. The fraction of sp³-hybridized carbons (Fsp3) is 0.273. The van der Waals surface area contributed by atoms with Gasteiger partial charge in [-0.05, 0) is 35.4 Å². The number of nitrogens with one attached hydrogen (secondary N) is 1. The van der Waals surface area contributed by atoms with E-state index in [4.69, 9.17) is 15.2 Å². The Kier molecular flexibility index (Phi) is 6.39. The molecule has 3 rings (SSSR count). The lowest BCUT2D eigenvalue weighted by molar-refractivity contribution is 0.354. The average molecular weight is 393 g/mol. The standard InChI is InChI=1S/C22H27N5O2/c1-27(2)21-12-16(17-7-5-6-8-18(17)26-21)14-25-22(23)24-13-15-9-10-19(28-3)20(11-15)29-4/h5-12H,13-14H2,1-4H3,(H3,23,24,25). The third-order valence-electron chi connectivity index (χ3n) is 4.59. The van der Waals surface area contributed by atoms with E-state index >= 15 is 0 Å². The maximum Gasteiger partial charge on any atom is 0.189 e. The number of guanidine groups is 1. The second-order valence-corrected chi connectivity index (χ2v) is 6.80. The van der Waals surface area contributed by atoms with E-state index < -0.39 is 0 Å². The van der Waals surface area contributed by atoms with Crippen LogP contribution in [0.3, 0.4) is 0 Å². The van der Waals surface area contributed by atoms with Crippen LogP contribution >= 0.6 is 0 Å². The van der Waals surface area contributed by atoms with E-state index in [2.05, 4.69) is 27.4 Å². The Morgan fingerprint density at radius 1 is 1.07 bits per heavy atom. The Hall–Kier alpha value is -3.48. The van der Waals surface area contributed by atoms with Crippen LogP contribution in [-0.4, -0.2) is 39.3 Å². The van der Waals surface area contributed by atoms with Gasteiger partial charge in [0.15, 0.2) is 17.5 Å². The van der Waals surface area contributed by atoms with E-state index in [0.717, 1.165) is 27.8 Å². The molecule has 7 nitrogen and oxygen atoms in total. The fourth-order valence-electron chi connectivity index (χ4n) is 3.00. The largest absolute Gasteiger partial charge is 0.493 e. The van der Waals surface area contributed by atoms with Crippen molar-refractivity contribution in [2.75, 3.05) is 33.2 Å². The number of aromatic nitrogens is 1. The summed E-state index contributed by atoms with van der Waals surface area (Å²) in [4.78, 5) is 11.1. The first-order valence-corrected chi connectivity index (χ1v) is 9.32. The molecule has 0 fully saturated rings. The van der Waals surface area contributed by atoms with E-state index in [-0.39, 0.29) is 0 Å². The number of nitrogens with two attached hydrogens (primary N) is 1. The van der Waals surface area contributed by atoms with Crippen LogP contribution in [0.5, 0.6) is 11.5 Å². The average Bonchev–Trinajstić information content (AvgIpc) is 2.75. The van der Waals surface area contributed by atoms with Crippen LogP contribution in [0.15, 0.2) is 53.5 Å². The number of hydrogen-bond donors (Lipinski definition) is 2. The quantitative estimate of drug-likeness (QED) is 0.474. The number of rotatable bonds is 7. The summed E-state index contributed by atoms with van der Waals surface area (Å²) in [5.74, 6) is 2.65. The normalized spacial score (nSPS) is 11.4. The van der Waals surface area contributed by atoms with Crippen molar-refractivity contribution in [1.29, 1.82) is 0 Å². The lowest BCUT2D eigenvalue weighted by Crippen LogP contribution is -2.31. The molecule has 1 aromatic heterocycles. The summed E-state index contributed by atoms with van der Waals surface area (Å²) < 4.78 is 10.6. The van der Waals surface area contributed by atoms with Crippen LogP contribution in [0.25, 0.3) is 10.9 Å². The minimum atomic E-state index is 0.382. The lowest BCUT2D eigenvalue weighted by Gasteiger charge is -2.15. The number of hydrogen-bond acceptors (Lipinski definition) is 5. The molecule has 7 heteroatoms. The molecule has 0 saturated heterocycles. The summed E-state index contributed by atoms with van der Waals surface area (Å²) in [6.45, 7) is 1.00. The smallest absolute Gasteiger partial charge is 0.189 e. The van der Waals surface area contributed by atoms with Gasteiger partial charge in [-0.25, -0.2) is 9.98 Å². The van der Waals surface area contributed by atoms with Crippen molar-refractivity contribution in [2.45, 2.75) is 13.1 Å². The number of aliphatic imine (C=N–C) groups is 1. The molecule has 29 heavy (non-hydrogen) atoms. The van der Waals surface area contributed by atoms with Crippen LogP contribution in [0.1, 0.15) is 11.1 Å². The number of nitrogens with zero attached hydrogens (tertiary/aromatic N) is 3. The van der Waals surface area contributed by atoms with Gasteiger partial charge in [-0.3, -0.25) is 0 Å².